The molecule has 0 amide bonds. The molecule has 0 bridgehead atoms. The van der Waals surface area contributed by atoms with Crippen LogP contribution >= 0.6 is 0 Å². The van der Waals surface area contributed by atoms with Gasteiger partial charge in [-0.2, -0.15) is 0 Å². The molecule has 2 aromatic heterocycles. The van der Waals surface area contributed by atoms with Crippen LogP contribution in [0.2, 0.25) is 0 Å². The first kappa shape index (κ1) is 15.4. The average Bonchev–Trinajstić information content (AvgIpc) is 3.00. The van der Waals surface area contributed by atoms with Crippen LogP contribution in [0.15, 0.2) is 67.0 Å². The second-order valence-electron chi connectivity index (χ2n) is 6.31. The van der Waals surface area contributed by atoms with E-state index in [9.17, 15) is 0 Å². The molecule has 0 aliphatic heterocycles. The Morgan fingerprint density at radius 3 is 2.60 bits per heavy atom. The maximum atomic E-state index is 4.74. The summed E-state index contributed by atoms with van der Waals surface area (Å²) in [5.41, 5.74) is 5.74. The molecule has 124 valence electrons. The number of nitrogens with one attached hydrogen (secondary N) is 1. The van der Waals surface area contributed by atoms with Crippen LogP contribution in [0.25, 0.3) is 17.0 Å². The van der Waals surface area contributed by atoms with E-state index in [4.69, 9.17) is 4.98 Å². The van der Waals surface area contributed by atoms with Crippen molar-refractivity contribution in [3.8, 4) is 11.3 Å². The maximum Gasteiger partial charge on any atom is 0.235 e. The van der Waals surface area contributed by atoms with Crippen LogP contribution in [0.3, 0.4) is 0 Å². The number of nitrogens with zero attached hydrogens (tertiary/aromatic N) is 3. The van der Waals surface area contributed by atoms with E-state index in [0.29, 0.717) is 5.78 Å². The van der Waals surface area contributed by atoms with Gasteiger partial charge in [0.2, 0.25) is 5.78 Å². The van der Waals surface area contributed by atoms with E-state index in [1.54, 1.807) is 6.20 Å². The van der Waals surface area contributed by atoms with E-state index in [-0.39, 0.29) is 0 Å². The number of benzene rings is 2. The minimum absolute atomic E-state index is 0.699. The summed E-state index contributed by atoms with van der Waals surface area (Å²) in [5.74, 6) is 1.67. The van der Waals surface area contributed by atoms with Crippen molar-refractivity contribution in [3.63, 3.8) is 0 Å². The normalized spacial score (nSPS) is 11.0. The topological polar surface area (TPSA) is 42.2 Å². The number of aryl methyl sites for hydroxylation is 2. The predicted octanol–water partition coefficient (Wildman–Crippen LogP) is 4.63. The fraction of sp³-hybridized carbons (Fsp3) is 0.143. The first-order valence-electron chi connectivity index (χ1n) is 8.40. The third-order valence-electron chi connectivity index (χ3n) is 4.28. The van der Waals surface area contributed by atoms with Gasteiger partial charge < -0.3 is 5.32 Å². The van der Waals surface area contributed by atoms with Gasteiger partial charge in [-0.15, -0.1) is 0 Å². The van der Waals surface area contributed by atoms with Crippen molar-refractivity contribution < 1.29 is 0 Å². The van der Waals surface area contributed by atoms with Crippen LogP contribution in [-0.4, -0.2) is 14.4 Å². The Hall–Kier alpha value is -3.14. The number of aromatic nitrogens is 3. The lowest BCUT2D eigenvalue weighted by atomic mass is 10.1. The smallest absolute Gasteiger partial charge is 0.235 e. The molecule has 0 radical (unpaired) electrons. The summed E-state index contributed by atoms with van der Waals surface area (Å²) in [6, 6.07) is 18.9. The fourth-order valence-corrected chi connectivity index (χ4v) is 2.94. The molecule has 0 aliphatic carbocycles. The number of hydrogen-bond donors (Lipinski definition) is 1. The highest BCUT2D eigenvalue weighted by molar-refractivity contribution is 5.75. The van der Waals surface area contributed by atoms with Crippen molar-refractivity contribution in [2.24, 2.45) is 0 Å². The van der Waals surface area contributed by atoms with Crippen LogP contribution in [0.4, 0.5) is 5.82 Å². The first-order chi connectivity index (χ1) is 12.2. The summed E-state index contributed by atoms with van der Waals surface area (Å²) < 4.78 is 2.01. The van der Waals surface area contributed by atoms with Gasteiger partial charge in [-0.25, -0.2) is 9.97 Å². The summed E-state index contributed by atoms with van der Waals surface area (Å²) in [4.78, 5) is 9.13. The molecule has 0 fully saturated rings. The molecule has 4 rings (SSSR count). The summed E-state index contributed by atoms with van der Waals surface area (Å²) in [7, 11) is 0. The van der Waals surface area contributed by atoms with Crippen molar-refractivity contribution in [1.82, 2.24) is 14.4 Å². The van der Waals surface area contributed by atoms with Crippen molar-refractivity contribution in [1.29, 1.82) is 0 Å². The largest absolute Gasteiger partial charge is 0.365 e. The van der Waals surface area contributed by atoms with E-state index in [0.717, 1.165) is 23.6 Å². The number of anilines is 1. The summed E-state index contributed by atoms with van der Waals surface area (Å²) in [5, 5.41) is 3.55. The standard InChI is InChI=1S/C21H20N4/c1-15-7-9-17(10-8-15)14-23-20-19(18-6-3-5-16(2)13-18)24-21-22-11-4-12-25(20)21/h3-13,23H,14H2,1-2H3. The van der Waals surface area contributed by atoms with Crippen molar-refractivity contribution in [2.45, 2.75) is 20.4 Å². The molecule has 4 nitrogen and oxygen atoms in total. The average molecular weight is 328 g/mol. The van der Waals surface area contributed by atoms with E-state index < -0.39 is 0 Å². The molecule has 1 N–H and O–H groups in total. The van der Waals surface area contributed by atoms with Gasteiger partial charge in [0.15, 0.2) is 0 Å². The molecular formula is C21H20N4. The van der Waals surface area contributed by atoms with Gasteiger partial charge in [-0.05, 0) is 31.5 Å². The lowest BCUT2D eigenvalue weighted by Crippen LogP contribution is -2.03. The summed E-state index contributed by atoms with van der Waals surface area (Å²) in [6.07, 6.45) is 3.76. The number of hydrogen-bond acceptors (Lipinski definition) is 3. The third-order valence-corrected chi connectivity index (χ3v) is 4.28. The zero-order chi connectivity index (χ0) is 17.2. The second-order valence-corrected chi connectivity index (χ2v) is 6.31. The van der Waals surface area contributed by atoms with Gasteiger partial charge in [-0.3, -0.25) is 4.40 Å². The second kappa shape index (κ2) is 6.40. The SMILES string of the molecule is Cc1ccc(CNc2c(-c3cccc(C)c3)nc3ncccn23)cc1. The van der Waals surface area contributed by atoms with Crippen LogP contribution in [0, 0.1) is 13.8 Å². The summed E-state index contributed by atoms with van der Waals surface area (Å²) in [6.45, 7) is 4.93. The Morgan fingerprint density at radius 2 is 1.80 bits per heavy atom. The molecule has 0 spiro atoms. The zero-order valence-corrected chi connectivity index (χ0v) is 14.4. The highest BCUT2D eigenvalue weighted by Crippen LogP contribution is 2.29. The van der Waals surface area contributed by atoms with Crippen molar-refractivity contribution >= 4 is 11.6 Å². The van der Waals surface area contributed by atoms with Gasteiger partial charge in [0.1, 0.15) is 11.5 Å². The molecule has 0 aliphatic rings. The molecule has 4 heteroatoms. The zero-order valence-electron chi connectivity index (χ0n) is 14.4. The van der Waals surface area contributed by atoms with Gasteiger partial charge in [0.05, 0.1) is 0 Å². The lowest BCUT2D eigenvalue weighted by Gasteiger charge is -2.09. The van der Waals surface area contributed by atoms with E-state index >= 15 is 0 Å². The number of fused-ring (bicyclic) bond motifs is 1. The Balaban J connectivity index is 1.75. The van der Waals surface area contributed by atoms with E-state index in [1.807, 2.05) is 16.7 Å². The number of rotatable bonds is 4. The molecule has 2 aromatic carbocycles. The Kier molecular flexibility index (Phi) is 3.94. The minimum Gasteiger partial charge on any atom is -0.365 e. The Morgan fingerprint density at radius 1 is 0.960 bits per heavy atom. The van der Waals surface area contributed by atoms with Gasteiger partial charge in [-0.1, -0.05) is 53.6 Å². The van der Waals surface area contributed by atoms with Crippen LogP contribution in [-0.2, 0) is 6.54 Å². The van der Waals surface area contributed by atoms with Gasteiger partial charge in [0.25, 0.3) is 0 Å². The third kappa shape index (κ3) is 3.11. The highest BCUT2D eigenvalue weighted by atomic mass is 15.2. The van der Waals surface area contributed by atoms with Crippen LogP contribution < -0.4 is 5.32 Å². The Bertz CT molecular complexity index is 1020. The fourth-order valence-electron chi connectivity index (χ4n) is 2.94. The molecule has 0 unspecified atom stereocenters. The quantitative estimate of drug-likeness (QED) is 0.594. The molecule has 2 heterocycles. The van der Waals surface area contributed by atoms with Gasteiger partial charge >= 0.3 is 0 Å². The molecule has 0 atom stereocenters. The molecule has 4 aromatic rings. The molecule has 25 heavy (non-hydrogen) atoms. The van der Waals surface area contributed by atoms with Crippen LogP contribution in [0.5, 0.6) is 0 Å². The van der Waals surface area contributed by atoms with Crippen molar-refractivity contribution in [2.75, 3.05) is 5.32 Å². The maximum absolute atomic E-state index is 4.74. The van der Waals surface area contributed by atoms with Crippen molar-refractivity contribution in [3.05, 3.63) is 83.7 Å². The predicted molar refractivity (Wildman–Crippen MR) is 102 cm³/mol. The first-order valence-corrected chi connectivity index (χ1v) is 8.40. The van der Waals surface area contributed by atoms with E-state index in [2.05, 4.69) is 72.7 Å². The monoisotopic (exact) mass is 328 g/mol. The lowest BCUT2D eigenvalue weighted by molar-refractivity contribution is 1.06. The molecular weight excluding hydrogens is 308 g/mol. The van der Waals surface area contributed by atoms with E-state index in [1.165, 1.54) is 16.7 Å². The molecule has 0 saturated carbocycles. The minimum atomic E-state index is 0.699. The van der Waals surface area contributed by atoms with Crippen LogP contribution in [0.1, 0.15) is 16.7 Å². The number of imidazole rings is 1. The molecule has 0 saturated heterocycles. The summed E-state index contributed by atoms with van der Waals surface area (Å²) >= 11 is 0. The Labute approximate surface area is 147 Å². The van der Waals surface area contributed by atoms with Gasteiger partial charge in [0, 0.05) is 24.5 Å². The highest BCUT2D eigenvalue weighted by Gasteiger charge is 2.14.